The molecule has 2 atom stereocenters. The van der Waals surface area contributed by atoms with Crippen LogP contribution in [0.3, 0.4) is 0 Å². The van der Waals surface area contributed by atoms with E-state index in [-0.39, 0.29) is 24.2 Å². The lowest BCUT2D eigenvalue weighted by Crippen LogP contribution is -2.45. The number of rotatable bonds is 3. The van der Waals surface area contributed by atoms with E-state index in [4.69, 9.17) is 0 Å². The maximum Gasteiger partial charge on any atom is 0.138 e. The largest absolute Gasteiger partial charge is 0.506 e. The van der Waals surface area contributed by atoms with Crippen LogP contribution in [0.5, 0.6) is 5.75 Å². The molecule has 124 valence electrons. The second-order valence-corrected chi connectivity index (χ2v) is 6.37. The van der Waals surface area contributed by atoms with E-state index < -0.39 is 6.10 Å². The highest BCUT2D eigenvalue weighted by Gasteiger charge is 2.31. The monoisotopic (exact) mass is 326 g/mol. The number of aliphatic hydroxyl groups excluding tert-OH is 1. The molecule has 0 unspecified atom stereocenters. The molecule has 4 nitrogen and oxygen atoms in total. The van der Waals surface area contributed by atoms with Gasteiger partial charge in [-0.15, -0.1) is 12.4 Å². The van der Waals surface area contributed by atoms with Crippen LogP contribution in [-0.4, -0.2) is 29.3 Å². The maximum absolute atomic E-state index is 10.7. The predicted octanol–water partition coefficient (Wildman–Crippen LogP) is 3.13. The fraction of sp³-hybridized carbons (Fsp3) is 0.647. The van der Waals surface area contributed by atoms with Crippen molar-refractivity contribution in [2.75, 3.05) is 12.4 Å². The summed E-state index contributed by atoms with van der Waals surface area (Å²) in [5.74, 6) is 0.266. The molecular weight excluding hydrogens is 300 g/mol. The molecule has 2 aliphatic rings. The van der Waals surface area contributed by atoms with E-state index in [1.807, 2.05) is 13.1 Å². The van der Waals surface area contributed by atoms with Crippen molar-refractivity contribution >= 4 is 18.1 Å². The summed E-state index contributed by atoms with van der Waals surface area (Å²) in [5.41, 5.74) is 2.78. The van der Waals surface area contributed by atoms with Gasteiger partial charge in [0.15, 0.2) is 0 Å². The lowest BCUT2D eigenvalue weighted by molar-refractivity contribution is 0.104. The first-order valence-corrected chi connectivity index (χ1v) is 8.17. The molecule has 2 aliphatic carbocycles. The van der Waals surface area contributed by atoms with Gasteiger partial charge in [-0.1, -0.05) is 25.3 Å². The second kappa shape index (κ2) is 7.53. The number of phenolic OH excluding ortho intramolecular Hbond substituents is 1. The van der Waals surface area contributed by atoms with Crippen LogP contribution in [0, 0.1) is 0 Å². The van der Waals surface area contributed by atoms with E-state index in [1.54, 1.807) is 6.07 Å². The van der Waals surface area contributed by atoms with Gasteiger partial charge in [0.25, 0.3) is 0 Å². The van der Waals surface area contributed by atoms with Crippen molar-refractivity contribution in [3.63, 3.8) is 0 Å². The molecule has 4 N–H and O–H groups in total. The first-order valence-electron chi connectivity index (χ1n) is 8.17. The molecule has 1 aromatic rings. The minimum absolute atomic E-state index is 0. The number of halogens is 1. The van der Waals surface area contributed by atoms with E-state index in [0.717, 1.165) is 29.7 Å². The van der Waals surface area contributed by atoms with Gasteiger partial charge in [0.2, 0.25) is 0 Å². The van der Waals surface area contributed by atoms with E-state index in [1.165, 1.54) is 32.1 Å². The maximum atomic E-state index is 10.7. The Hall–Kier alpha value is -0.970. The summed E-state index contributed by atoms with van der Waals surface area (Å²) in [5, 5.41) is 27.3. The molecule has 22 heavy (non-hydrogen) atoms. The Balaban J connectivity index is 0.00000176. The summed E-state index contributed by atoms with van der Waals surface area (Å²) >= 11 is 0. The van der Waals surface area contributed by atoms with Gasteiger partial charge in [0, 0.05) is 19.1 Å². The number of phenols is 1. The molecule has 1 saturated carbocycles. The van der Waals surface area contributed by atoms with Crippen LogP contribution in [0.15, 0.2) is 12.1 Å². The van der Waals surface area contributed by atoms with Crippen LogP contribution in [0.2, 0.25) is 0 Å². The van der Waals surface area contributed by atoms with Crippen LogP contribution < -0.4 is 10.6 Å². The van der Waals surface area contributed by atoms with Crippen LogP contribution in [-0.2, 0) is 6.42 Å². The highest BCUT2D eigenvalue weighted by atomic mass is 35.5. The summed E-state index contributed by atoms with van der Waals surface area (Å²) in [6.07, 6.45) is 7.73. The number of hydrogen-bond acceptors (Lipinski definition) is 4. The zero-order valence-electron chi connectivity index (χ0n) is 13.1. The minimum atomic E-state index is -0.483. The lowest BCUT2D eigenvalue weighted by Gasteiger charge is -2.36. The number of fused-ring (bicyclic) bond motifs is 1. The SMILES string of the molecule is CNc1c(O)ccc2c1CC[C@@H](NC1CCCCC1)[C@@H]2O.Cl. The fourth-order valence-corrected chi connectivity index (χ4v) is 3.90. The third-order valence-corrected chi connectivity index (χ3v) is 5.04. The van der Waals surface area contributed by atoms with Crippen molar-refractivity contribution in [3.8, 4) is 5.75 Å². The zero-order valence-corrected chi connectivity index (χ0v) is 14.0. The van der Waals surface area contributed by atoms with Gasteiger partial charge in [0.05, 0.1) is 11.8 Å². The van der Waals surface area contributed by atoms with Crippen LogP contribution >= 0.6 is 12.4 Å². The molecule has 0 spiro atoms. The number of aromatic hydroxyl groups is 1. The van der Waals surface area contributed by atoms with Gasteiger partial charge in [-0.2, -0.15) is 0 Å². The Bertz CT molecular complexity index is 504. The Morgan fingerprint density at radius 3 is 2.50 bits per heavy atom. The van der Waals surface area contributed by atoms with E-state index in [2.05, 4.69) is 10.6 Å². The van der Waals surface area contributed by atoms with Gasteiger partial charge in [-0.25, -0.2) is 0 Å². The molecule has 1 aromatic carbocycles. The molecule has 3 rings (SSSR count). The highest BCUT2D eigenvalue weighted by Crippen LogP contribution is 2.39. The average Bonchev–Trinajstić information content (AvgIpc) is 2.51. The normalized spacial score (nSPS) is 25.2. The molecule has 0 radical (unpaired) electrons. The molecular formula is C17H27ClN2O2. The summed E-state index contributed by atoms with van der Waals surface area (Å²) < 4.78 is 0. The van der Waals surface area contributed by atoms with Gasteiger partial charge in [0.1, 0.15) is 5.75 Å². The average molecular weight is 327 g/mol. The van der Waals surface area contributed by atoms with Gasteiger partial charge in [-0.05, 0) is 42.9 Å². The van der Waals surface area contributed by atoms with Crippen molar-refractivity contribution in [3.05, 3.63) is 23.3 Å². The first kappa shape index (κ1) is 17.4. The molecule has 0 amide bonds. The van der Waals surface area contributed by atoms with Crippen LogP contribution in [0.4, 0.5) is 5.69 Å². The van der Waals surface area contributed by atoms with Gasteiger partial charge >= 0.3 is 0 Å². The van der Waals surface area contributed by atoms with Gasteiger partial charge < -0.3 is 20.8 Å². The predicted molar refractivity (Wildman–Crippen MR) is 92.0 cm³/mol. The number of aliphatic hydroxyl groups is 1. The van der Waals surface area contributed by atoms with E-state index in [0.29, 0.717) is 6.04 Å². The fourth-order valence-electron chi connectivity index (χ4n) is 3.90. The van der Waals surface area contributed by atoms with Crippen LogP contribution in [0.1, 0.15) is 55.8 Å². The van der Waals surface area contributed by atoms with Crippen molar-refractivity contribution in [2.24, 2.45) is 0 Å². The third kappa shape index (κ3) is 3.34. The Labute approximate surface area is 138 Å². The number of anilines is 1. The smallest absolute Gasteiger partial charge is 0.138 e. The summed E-state index contributed by atoms with van der Waals surface area (Å²) in [4.78, 5) is 0. The molecule has 0 aromatic heterocycles. The summed E-state index contributed by atoms with van der Waals surface area (Å²) in [6.45, 7) is 0. The van der Waals surface area contributed by atoms with Crippen molar-refractivity contribution in [1.82, 2.24) is 5.32 Å². The molecule has 0 saturated heterocycles. The van der Waals surface area contributed by atoms with Crippen molar-refractivity contribution in [1.29, 1.82) is 0 Å². The van der Waals surface area contributed by atoms with Crippen LogP contribution in [0.25, 0.3) is 0 Å². The quantitative estimate of drug-likeness (QED) is 0.644. The standard InChI is InChI=1S/C17H26N2O2.ClH/c1-18-16-12-7-9-14(19-11-5-3-2-4-6-11)17(21)13(12)8-10-15(16)20;/h8,10-11,14,17-21H,2-7,9H2,1H3;1H/t14-,17-;/m1./s1. The topological polar surface area (TPSA) is 64.5 Å². The minimum Gasteiger partial charge on any atom is -0.506 e. The number of nitrogens with one attached hydrogen (secondary N) is 2. The summed E-state index contributed by atoms with van der Waals surface area (Å²) in [7, 11) is 1.81. The second-order valence-electron chi connectivity index (χ2n) is 6.37. The highest BCUT2D eigenvalue weighted by molar-refractivity contribution is 5.85. The molecule has 5 heteroatoms. The first-order chi connectivity index (χ1) is 10.2. The third-order valence-electron chi connectivity index (χ3n) is 5.04. The van der Waals surface area contributed by atoms with Gasteiger partial charge in [-0.3, -0.25) is 0 Å². The van der Waals surface area contributed by atoms with Crippen molar-refractivity contribution in [2.45, 2.75) is 63.1 Å². The molecule has 0 aliphatic heterocycles. The number of benzene rings is 1. The lowest BCUT2D eigenvalue weighted by atomic mass is 9.83. The Kier molecular flexibility index (Phi) is 5.95. The van der Waals surface area contributed by atoms with Crippen molar-refractivity contribution < 1.29 is 10.2 Å². The summed E-state index contributed by atoms with van der Waals surface area (Å²) in [6, 6.07) is 4.23. The number of hydrogen-bond donors (Lipinski definition) is 4. The zero-order chi connectivity index (χ0) is 14.8. The van der Waals surface area contributed by atoms with E-state index in [9.17, 15) is 10.2 Å². The molecule has 0 bridgehead atoms. The van der Waals surface area contributed by atoms with E-state index >= 15 is 0 Å². The Morgan fingerprint density at radius 2 is 1.82 bits per heavy atom. The Morgan fingerprint density at radius 1 is 1.09 bits per heavy atom. The molecule has 1 fully saturated rings. The molecule has 0 heterocycles.